The Bertz CT molecular complexity index is 822. The standard InChI is InChI=1S/C25H33ClN2O3/c1-18(2)25(30)28(17-20-11-13-22(26)14-12-20)23(21-9-6-5-7-10-21)24(29)27-15-8-16-31-19(3)4/h5-7,9-14,18-19,23H,8,15-17H2,1-4H3,(H,27,29)/t23-/m1/s1. The van der Waals surface area contributed by atoms with Crippen molar-refractivity contribution >= 4 is 23.4 Å². The zero-order valence-corrected chi connectivity index (χ0v) is 19.6. The van der Waals surface area contributed by atoms with Crippen molar-refractivity contribution in [1.82, 2.24) is 10.2 Å². The predicted molar refractivity (Wildman–Crippen MR) is 125 cm³/mol. The minimum atomic E-state index is -0.724. The van der Waals surface area contributed by atoms with E-state index in [-0.39, 0.29) is 23.8 Å². The molecule has 31 heavy (non-hydrogen) atoms. The molecule has 1 N–H and O–H groups in total. The maximum absolute atomic E-state index is 13.3. The lowest BCUT2D eigenvalue weighted by Crippen LogP contribution is -2.45. The molecule has 2 aromatic carbocycles. The number of carbonyl (C=O) groups is 2. The number of halogens is 1. The van der Waals surface area contributed by atoms with Crippen LogP contribution in [0.3, 0.4) is 0 Å². The van der Waals surface area contributed by atoms with Crippen molar-refractivity contribution in [2.45, 2.75) is 52.8 Å². The van der Waals surface area contributed by atoms with E-state index in [1.165, 1.54) is 0 Å². The van der Waals surface area contributed by atoms with Gasteiger partial charge in [0.05, 0.1) is 6.10 Å². The number of rotatable bonds is 11. The van der Waals surface area contributed by atoms with Crippen molar-refractivity contribution in [2.75, 3.05) is 13.2 Å². The molecule has 1 atom stereocenters. The maximum Gasteiger partial charge on any atom is 0.247 e. The van der Waals surface area contributed by atoms with Crippen LogP contribution in [0.5, 0.6) is 0 Å². The third-order valence-corrected chi connectivity index (χ3v) is 5.04. The maximum atomic E-state index is 13.3. The highest BCUT2D eigenvalue weighted by molar-refractivity contribution is 6.30. The zero-order chi connectivity index (χ0) is 22.8. The van der Waals surface area contributed by atoms with Crippen LogP contribution in [0.1, 0.15) is 51.3 Å². The van der Waals surface area contributed by atoms with E-state index in [4.69, 9.17) is 16.3 Å². The summed E-state index contributed by atoms with van der Waals surface area (Å²) in [4.78, 5) is 28.1. The molecule has 0 fully saturated rings. The van der Waals surface area contributed by atoms with Gasteiger partial charge in [-0.25, -0.2) is 0 Å². The Balaban J connectivity index is 2.27. The fourth-order valence-electron chi connectivity index (χ4n) is 3.22. The lowest BCUT2D eigenvalue weighted by Gasteiger charge is -2.33. The lowest BCUT2D eigenvalue weighted by molar-refractivity contribution is -0.144. The molecule has 0 aliphatic carbocycles. The van der Waals surface area contributed by atoms with E-state index in [2.05, 4.69) is 5.32 Å². The number of hydrogen-bond acceptors (Lipinski definition) is 3. The SMILES string of the molecule is CC(C)OCCCNC(=O)[C@@H](c1ccccc1)N(Cc1ccc(Cl)cc1)C(=O)C(C)C. The second-order valence-corrected chi connectivity index (χ2v) is 8.56. The summed E-state index contributed by atoms with van der Waals surface area (Å²) in [7, 11) is 0. The molecular formula is C25H33ClN2O3. The quantitative estimate of drug-likeness (QED) is 0.496. The molecule has 6 heteroatoms. The Morgan fingerprint density at radius 1 is 1.00 bits per heavy atom. The predicted octanol–water partition coefficient (Wildman–Crippen LogP) is 5.00. The van der Waals surface area contributed by atoms with Gasteiger partial charge in [-0.1, -0.05) is 67.9 Å². The van der Waals surface area contributed by atoms with Crippen LogP contribution in [0.25, 0.3) is 0 Å². The Hall–Kier alpha value is -2.37. The first-order valence-electron chi connectivity index (χ1n) is 10.8. The molecule has 0 unspecified atom stereocenters. The topological polar surface area (TPSA) is 58.6 Å². The lowest BCUT2D eigenvalue weighted by atomic mass is 10.0. The van der Waals surface area contributed by atoms with E-state index < -0.39 is 6.04 Å². The van der Waals surface area contributed by atoms with E-state index in [9.17, 15) is 9.59 Å². The van der Waals surface area contributed by atoms with Gasteiger partial charge in [0.15, 0.2) is 0 Å². The molecule has 0 heterocycles. The first kappa shape index (κ1) is 24.9. The highest BCUT2D eigenvalue weighted by Crippen LogP contribution is 2.26. The van der Waals surface area contributed by atoms with Crippen molar-refractivity contribution in [3.8, 4) is 0 Å². The van der Waals surface area contributed by atoms with Crippen LogP contribution in [0, 0.1) is 5.92 Å². The van der Waals surface area contributed by atoms with Gasteiger partial charge >= 0.3 is 0 Å². The van der Waals surface area contributed by atoms with E-state index in [1.54, 1.807) is 17.0 Å². The smallest absolute Gasteiger partial charge is 0.247 e. The van der Waals surface area contributed by atoms with Crippen LogP contribution in [-0.4, -0.2) is 36.0 Å². The van der Waals surface area contributed by atoms with Crippen molar-refractivity contribution in [3.05, 3.63) is 70.7 Å². The number of ether oxygens (including phenoxy) is 1. The van der Waals surface area contributed by atoms with Crippen molar-refractivity contribution in [1.29, 1.82) is 0 Å². The minimum Gasteiger partial charge on any atom is -0.379 e. The van der Waals surface area contributed by atoms with E-state index in [0.717, 1.165) is 11.1 Å². The van der Waals surface area contributed by atoms with Gasteiger partial charge in [0.2, 0.25) is 11.8 Å². The first-order chi connectivity index (χ1) is 14.8. The average Bonchev–Trinajstić information content (AvgIpc) is 2.74. The molecule has 2 rings (SSSR count). The number of nitrogens with one attached hydrogen (secondary N) is 1. The number of carbonyl (C=O) groups excluding carboxylic acids is 2. The fraction of sp³-hybridized carbons (Fsp3) is 0.440. The highest BCUT2D eigenvalue weighted by atomic mass is 35.5. The summed E-state index contributed by atoms with van der Waals surface area (Å²) < 4.78 is 5.55. The molecule has 0 spiro atoms. The van der Waals surface area contributed by atoms with Gasteiger partial charge in [-0.3, -0.25) is 9.59 Å². The molecule has 0 aliphatic rings. The summed E-state index contributed by atoms with van der Waals surface area (Å²) in [6.07, 6.45) is 0.868. The summed E-state index contributed by atoms with van der Waals surface area (Å²) in [5.41, 5.74) is 1.69. The Labute approximate surface area is 190 Å². The van der Waals surface area contributed by atoms with Gasteiger partial charge in [0.1, 0.15) is 6.04 Å². The number of benzene rings is 2. The zero-order valence-electron chi connectivity index (χ0n) is 18.8. The second-order valence-electron chi connectivity index (χ2n) is 8.12. The van der Waals surface area contributed by atoms with Crippen LogP contribution < -0.4 is 5.32 Å². The van der Waals surface area contributed by atoms with Crippen LogP contribution >= 0.6 is 11.6 Å². The van der Waals surface area contributed by atoms with Crippen LogP contribution in [0.2, 0.25) is 5.02 Å². The number of nitrogens with zero attached hydrogens (tertiary/aromatic N) is 1. The van der Waals surface area contributed by atoms with Gasteiger partial charge < -0.3 is 15.0 Å². The van der Waals surface area contributed by atoms with Gasteiger partial charge in [-0.2, -0.15) is 0 Å². The van der Waals surface area contributed by atoms with E-state index in [0.29, 0.717) is 31.1 Å². The molecular weight excluding hydrogens is 412 g/mol. The summed E-state index contributed by atoms with van der Waals surface area (Å²) in [5, 5.41) is 3.62. The third-order valence-electron chi connectivity index (χ3n) is 4.79. The highest BCUT2D eigenvalue weighted by Gasteiger charge is 2.32. The molecule has 168 valence electrons. The molecule has 0 saturated carbocycles. The van der Waals surface area contributed by atoms with Crippen LogP contribution in [0.15, 0.2) is 54.6 Å². The van der Waals surface area contributed by atoms with Crippen LogP contribution in [-0.2, 0) is 20.9 Å². The Morgan fingerprint density at radius 3 is 2.23 bits per heavy atom. The molecule has 0 aliphatic heterocycles. The summed E-state index contributed by atoms with van der Waals surface area (Å²) >= 11 is 6.02. The molecule has 2 aromatic rings. The molecule has 0 aromatic heterocycles. The molecule has 0 bridgehead atoms. The Kier molecular flexibility index (Phi) is 10.0. The summed E-state index contributed by atoms with van der Waals surface area (Å²) in [6.45, 7) is 9.04. The largest absolute Gasteiger partial charge is 0.379 e. The molecule has 0 saturated heterocycles. The molecule has 0 radical (unpaired) electrons. The minimum absolute atomic E-state index is 0.0814. The molecule has 2 amide bonds. The number of hydrogen-bond donors (Lipinski definition) is 1. The van der Waals surface area contributed by atoms with Crippen molar-refractivity contribution in [3.63, 3.8) is 0 Å². The normalized spacial score (nSPS) is 12.1. The average molecular weight is 445 g/mol. The Morgan fingerprint density at radius 2 is 1.65 bits per heavy atom. The third kappa shape index (κ3) is 8.00. The summed E-state index contributed by atoms with van der Waals surface area (Å²) in [5.74, 6) is -0.522. The monoisotopic (exact) mass is 444 g/mol. The number of amides is 2. The first-order valence-corrected chi connectivity index (χ1v) is 11.2. The van der Waals surface area contributed by atoms with E-state index >= 15 is 0 Å². The van der Waals surface area contributed by atoms with Crippen molar-refractivity contribution in [2.24, 2.45) is 5.92 Å². The van der Waals surface area contributed by atoms with Gasteiger partial charge in [-0.05, 0) is 43.5 Å². The second kappa shape index (κ2) is 12.5. The van der Waals surface area contributed by atoms with Gasteiger partial charge in [0.25, 0.3) is 0 Å². The van der Waals surface area contributed by atoms with Crippen molar-refractivity contribution < 1.29 is 14.3 Å². The van der Waals surface area contributed by atoms with Gasteiger partial charge in [0, 0.05) is 30.6 Å². The fourth-order valence-corrected chi connectivity index (χ4v) is 3.35. The summed E-state index contributed by atoms with van der Waals surface area (Å²) in [6, 6.07) is 16.1. The van der Waals surface area contributed by atoms with Crippen LogP contribution in [0.4, 0.5) is 0 Å². The van der Waals surface area contributed by atoms with Gasteiger partial charge in [-0.15, -0.1) is 0 Å². The van der Waals surface area contributed by atoms with E-state index in [1.807, 2.05) is 70.2 Å². The molecule has 5 nitrogen and oxygen atoms in total.